The van der Waals surface area contributed by atoms with E-state index < -0.39 is 8.07 Å². The third kappa shape index (κ3) is 6.34. The monoisotopic (exact) mass is 424 g/mol. The lowest BCUT2D eigenvalue weighted by Crippen LogP contribution is -2.45. The summed E-state index contributed by atoms with van der Waals surface area (Å²) < 4.78 is 0. The molecular weight excluding hydrogens is 387 g/mol. The van der Waals surface area contributed by atoms with E-state index in [9.17, 15) is 0 Å². The molecule has 0 saturated heterocycles. The first-order valence-electron chi connectivity index (χ1n) is 11.9. The Bertz CT molecular complexity index is 901. The van der Waals surface area contributed by atoms with Crippen LogP contribution in [-0.4, -0.2) is 14.8 Å². The molecule has 0 radical (unpaired) electrons. The number of allylic oxidation sites excluding steroid dienone is 1. The molecule has 0 aliphatic heterocycles. The zero-order chi connectivity index (χ0) is 22.1. The van der Waals surface area contributed by atoms with Crippen molar-refractivity contribution in [3.63, 3.8) is 0 Å². The number of hydrogen-bond donors (Lipinski definition) is 0. The maximum atomic E-state index is 2.53. The fourth-order valence-corrected chi connectivity index (χ4v) is 6.62. The first-order valence-corrected chi connectivity index (χ1v) is 15.4. The largest absolute Gasteiger partial charge is 0.241 e. The summed E-state index contributed by atoms with van der Waals surface area (Å²) in [5, 5.41) is 1.73. The van der Waals surface area contributed by atoms with Crippen LogP contribution in [0.4, 0.5) is 0 Å². The third-order valence-electron chi connectivity index (χ3n) is 6.15. The summed E-state index contributed by atoms with van der Waals surface area (Å²) in [6, 6.07) is 33.4. The Kier molecular flexibility index (Phi) is 8.54. The van der Waals surface area contributed by atoms with Gasteiger partial charge in [0.05, 0.1) is 8.07 Å². The molecule has 0 aliphatic carbocycles. The van der Waals surface area contributed by atoms with E-state index in [4.69, 9.17) is 0 Å². The van der Waals surface area contributed by atoms with Crippen LogP contribution in [0.1, 0.15) is 44.6 Å². The van der Waals surface area contributed by atoms with Crippen LogP contribution in [0.2, 0.25) is 19.6 Å². The second-order valence-electron chi connectivity index (χ2n) is 9.57. The second kappa shape index (κ2) is 11.3. The molecule has 0 aliphatic rings. The number of benzene rings is 3. The third-order valence-corrected chi connectivity index (χ3v) is 8.48. The summed E-state index contributed by atoms with van der Waals surface area (Å²) in [4.78, 5) is 0. The first kappa shape index (κ1) is 23.3. The molecule has 31 heavy (non-hydrogen) atoms. The van der Waals surface area contributed by atoms with Crippen LogP contribution < -0.4 is 10.9 Å². The summed E-state index contributed by atoms with van der Waals surface area (Å²) in [5.41, 5.74) is 5.70. The molecule has 0 amide bonds. The van der Waals surface area contributed by atoms with Crippen LogP contribution in [0.5, 0.6) is 0 Å². The molecule has 2 heteroatoms. The van der Waals surface area contributed by atoms with E-state index in [1.54, 1.807) is 10.7 Å². The highest BCUT2D eigenvalue weighted by Crippen LogP contribution is 2.32. The molecule has 0 bridgehead atoms. The van der Waals surface area contributed by atoms with E-state index in [0.717, 1.165) is 0 Å². The topological polar surface area (TPSA) is 0 Å². The molecule has 0 N–H and O–H groups in total. The van der Waals surface area contributed by atoms with Crippen LogP contribution in [0.3, 0.4) is 0 Å². The van der Waals surface area contributed by atoms with Gasteiger partial charge in [0.25, 0.3) is 0 Å². The van der Waals surface area contributed by atoms with Crippen molar-refractivity contribution in [1.82, 2.24) is 0 Å². The molecular formula is C29H37BSi. The number of rotatable bonds is 10. The lowest BCUT2D eigenvalue weighted by Gasteiger charge is -2.30. The Hall–Kier alpha value is -2.32. The van der Waals surface area contributed by atoms with E-state index in [-0.39, 0.29) is 6.71 Å². The lowest BCUT2D eigenvalue weighted by molar-refractivity contribution is 0.671. The van der Waals surface area contributed by atoms with Gasteiger partial charge in [-0.3, -0.25) is 0 Å². The first-order chi connectivity index (χ1) is 15.0. The smallest absolute Gasteiger partial charge is 0.0850 e. The average Bonchev–Trinajstić information content (AvgIpc) is 2.79. The Morgan fingerprint density at radius 2 is 1.13 bits per heavy atom. The van der Waals surface area contributed by atoms with Gasteiger partial charge in [-0.05, 0) is 18.4 Å². The van der Waals surface area contributed by atoms with Crippen molar-refractivity contribution >= 4 is 31.2 Å². The van der Waals surface area contributed by atoms with Gasteiger partial charge >= 0.3 is 0 Å². The molecule has 0 atom stereocenters. The molecule has 0 saturated carbocycles. The standard InChI is InChI=1S/C29H37BSi/c1-5-6-7-17-24-28(31(2,3)4)29(25-18-11-8-12-19-25)30(26-20-13-9-14-21-26)27-22-15-10-16-23-27/h8-16,18-23H,5-7,17,24H2,1-4H3/b29-28-. The van der Waals surface area contributed by atoms with Crippen LogP contribution in [0.25, 0.3) is 5.47 Å². The maximum Gasteiger partial charge on any atom is 0.241 e. The molecule has 0 nitrogen and oxygen atoms in total. The molecule has 3 rings (SSSR count). The van der Waals surface area contributed by atoms with E-state index in [1.165, 1.54) is 48.6 Å². The highest BCUT2D eigenvalue weighted by Gasteiger charge is 2.32. The minimum absolute atomic E-state index is 0.262. The molecule has 0 spiro atoms. The normalized spacial score (nSPS) is 12.4. The Labute approximate surface area is 191 Å². The van der Waals surface area contributed by atoms with Crippen molar-refractivity contribution in [1.29, 1.82) is 0 Å². The van der Waals surface area contributed by atoms with E-state index >= 15 is 0 Å². The second-order valence-corrected chi connectivity index (χ2v) is 14.7. The highest BCUT2D eigenvalue weighted by atomic mass is 28.3. The summed E-state index contributed by atoms with van der Waals surface area (Å²) in [7, 11) is -1.54. The van der Waals surface area contributed by atoms with Crippen LogP contribution in [-0.2, 0) is 0 Å². The van der Waals surface area contributed by atoms with Gasteiger partial charge in [0.1, 0.15) is 0 Å². The predicted molar refractivity (Wildman–Crippen MR) is 143 cm³/mol. The van der Waals surface area contributed by atoms with Crippen molar-refractivity contribution in [3.8, 4) is 0 Å². The maximum absolute atomic E-state index is 2.53. The number of hydrogen-bond acceptors (Lipinski definition) is 0. The molecule has 0 unspecified atom stereocenters. The fraction of sp³-hybridized carbons (Fsp3) is 0.310. The molecule has 0 heterocycles. The van der Waals surface area contributed by atoms with Crippen molar-refractivity contribution in [2.45, 2.75) is 58.7 Å². The minimum atomic E-state index is -1.54. The van der Waals surface area contributed by atoms with Crippen molar-refractivity contribution in [2.75, 3.05) is 0 Å². The Balaban J connectivity index is 2.25. The van der Waals surface area contributed by atoms with Gasteiger partial charge in [-0.25, -0.2) is 0 Å². The van der Waals surface area contributed by atoms with E-state index in [1.807, 2.05) is 0 Å². The molecule has 160 valence electrons. The van der Waals surface area contributed by atoms with Crippen molar-refractivity contribution < 1.29 is 0 Å². The highest BCUT2D eigenvalue weighted by molar-refractivity contribution is 7.02. The van der Waals surface area contributed by atoms with Gasteiger partial charge in [-0.1, -0.05) is 158 Å². The van der Waals surface area contributed by atoms with Gasteiger partial charge in [-0.15, -0.1) is 0 Å². The summed E-state index contributed by atoms with van der Waals surface area (Å²) >= 11 is 0. The Morgan fingerprint density at radius 3 is 1.58 bits per heavy atom. The van der Waals surface area contributed by atoms with Crippen LogP contribution >= 0.6 is 0 Å². The predicted octanol–water partition coefficient (Wildman–Crippen LogP) is 7.14. The van der Waals surface area contributed by atoms with E-state index in [0.29, 0.717) is 0 Å². The zero-order valence-corrected chi connectivity index (χ0v) is 20.8. The van der Waals surface area contributed by atoms with Gasteiger partial charge in [0.15, 0.2) is 0 Å². The SMILES string of the molecule is CCCCCC/C(=C(/B(c1ccccc1)c1ccccc1)c1ccccc1)[Si](C)(C)C. The summed E-state index contributed by atoms with van der Waals surface area (Å²) in [5.74, 6) is 0. The van der Waals surface area contributed by atoms with Crippen molar-refractivity contribution in [3.05, 3.63) is 102 Å². The van der Waals surface area contributed by atoms with Gasteiger partial charge in [0.2, 0.25) is 6.71 Å². The Morgan fingerprint density at radius 1 is 0.645 bits per heavy atom. The minimum Gasteiger partial charge on any atom is -0.0850 e. The average molecular weight is 425 g/mol. The fourth-order valence-electron chi connectivity index (χ4n) is 4.59. The van der Waals surface area contributed by atoms with Gasteiger partial charge in [-0.2, -0.15) is 0 Å². The quantitative estimate of drug-likeness (QED) is 0.240. The zero-order valence-electron chi connectivity index (χ0n) is 19.8. The molecule has 0 aromatic heterocycles. The van der Waals surface area contributed by atoms with Gasteiger partial charge < -0.3 is 0 Å². The van der Waals surface area contributed by atoms with Crippen LogP contribution in [0.15, 0.2) is 96.2 Å². The molecule has 0 fully saturated rings. The van der Waals surface area contributed by atoms with E-state index in [2.05, 4.69) is 118 Å². The van der Waals surface area contributed by atoms with Crippen LogP contribution in [0, 0.1) is 0 Å². The van der Waals surface area contributed by atoms with Crippen molar-refractivity contribution in [2.24, 2.45) is 0 Å². The molecule has 3 aromatic carbocycles. The molecule has 3 aromatic rings. The summed E-state index contributed by atoms with van der Waals surface area (Å²) in [6.07, 6.45) is 6.46. The number of unbranched alkanes of at least 4 members (excludes halogenated alkanes) is 3. The van der Waals surface area contributed by atoms with Gasteiger partial charge in [0, 0.05) is 0 Å². The summed E-state index contributed by atoms with van der Waals surface area (Å²) in [6.45, 7) is 10.1. The lowest BCUT2D eigenvalue weighted by atomic mass is 9.35.